The summed E-state index contributed by atoms with van der Waals surface area (Å²) in [6.45, 7) is 6.11. The van der Waals surface area contributed by atoms with E-state index in [2.05, 4.69) is 41.3 Å². The molecule has 9 nitrogen and oxygen atoms in total. The zero-order chi connectivity index (χ0) is 26.3. The Morgan fingerprint density at radius 2 is 1.79 bits per heavy atom. The Kier molecular flexibility index (Phi) is 5.68. The molecule has 0 saturated heterocycles. The lowest BCUT2D eigenvalue weighted by Gasteiger charge is -2.17. The van der Waals surface area contributed by atoms with Crippen molar-refractivity contribution in [3.8, 4) is 33.8 Å². The van der Waals surface area contributed by atoms with Crippen LogP contribution in [0.3, 0.4) is 0 Å². The van der Waals surface area contributed by atoms with Gasteiger partial charge in [-0.3, -0.25) is 19.7 Å². The van der Waals surface area contributed by atoms with Gasteiger partial charge in [0.2, 0.25) is 5.91 Å². The van der Waals surface area contributed by atoms with Gasteiger partial charge in [-0.05, 0) is 29.7 Å². The molecule has 6 aromatic heterocycles. The molecule has 1 amide bonds. The van der Waals surface area contributed by atoms with E-state index in [1.165, 1.54) is 0 Å². The molecule has 0 atom stereocenters. The minimum Gasteiger partial charge on any atom is -0.345 e. The summed E-state index contributed by atoms with van der Waals surface area (Å²) in [5.41, 5.74) is 7.22. The Balaban J connectivity index is 1.36. The van der Waals surface area contributed by atoms with Crippen molar-refractivity contribution in [2.75, 3.05) is 5.32 Å². The Bertz CT molecular complexity index is 1780. The van der Waals surface area contributed by atoms with Gasteiger partial charge in [0, 0.05) is 65.0 Å². The van der Waals surface area contributed by atoms with Crippen LogP contribution in [-0.2, 0) is 4.79 Å². The number of pyridine rings is 4. The molecule has 6 rings (SSSR count). The lowest BCUT2D eigenvalue weighted by Crippen LogP contribution is -2.19. The molecule has 3 N–H and O–H groups in total. The van der Waals surface area contributed by atoms with E-state index in [4.69, 9.17) is 4.98 Å². The Hall–Kier alpha value is -4.92. The first kappa shape index (κ1) is 23.5. The third kappa shape index (κ3) is 4.61. The van der Waals surface area contributed by atoms with Crippen molar-refractivity contribution in [3.05, 3.63) is 73.7 Å². The van der Waals surface area contributed by atoms with E-state index in [0.29, 0.717) is 17.9 Å². The average Bonchev–Trinajstić information content (AvgIpc) is 3.51. The minimum atomic E-state index is -0.0974. The van der Waals surface area contributed by atoms with Gasteiger partial charge >= 0.3 is 0 Å². The number of aromatic nitrogens is 7. The van der Waals surface area contributed by atoms with E-state index in [1.54, 1.807) is 37.2 Å². The van der Waals surface area contributed by atoms with Crippen LogP contribution in [0.2, 0.25) is 0 Å². The number of imidazole rings is 1. The maximum atomic E-state index is 12.4. The van der Waals surface area contributed by atoms with Gasteiger partial charge < -0.3 is 15.3 Å². The lowest BCUT2D eigenvalue weighted by atomic mass is 9.92. The summed E-state index contributed by atoms with van der Waals surface area (Å²) in [7, 11) is 0. The number of fused-ring (bicyclic) bond motifs is 2. The molecule has 0 aliphatic carbocycles. The smallest absolute Gasteiger partial charge is 0.224 e. The quantitative estimate of drug-likeness (QED) is 0.265. The van der Waals surface area contributed by atoms with Crippen LogP contribution < -0.4 is 5.32 Å². The SMILES string of the molecule is CC(C)(C)CC(=O)Nc1cncc(-c2cnc3[nH]cc(-c4nc5c(-c6ccccn6)cncc5[nH]4)c3c2)c1. The van der Waals surface area contributed by atoms with E-state index < -0.39 is 0 Å². The molecule has 0 aliphatic rings. The number of carbonyl (C=O) groups is 1. The predicted molar refractivity (Wildman–Crippen MR) is 148 cm³/mol. The highest BCUT2D eigenvalue weighted by atomic mass is 16.1. The lowest BCUT2D eigenvalue weighted by molar-refractivity contribution is -0.117. The second-order valence-electron chi connectivity index (χ2n) is 10.5. The number of anilines is 1. The summed E-state index contributed by atoms with van der Waals surface area (Å²) in [5, 5.41) is 3.87. The Morgan fingerprint density at radius 1 is 0.947 bits per heavy atom. The molecule has 0 fully saturated rings. The summed E-state index contributed by atoms with van der Waals surface area (Å²) < 4.78 is 0. The first-order valence-electron chi connectivity index (χ1n) is 12.3. The molecule has 6 aromatic rings. The first-order valence-corrected chi connectivity index (χ1v) is 12.3. The molecule has 38 heavy (non-hydrogen) atoms. The molecule has 0 unspecified atom stereocenters. The third-order valence-electron chi connectivity index (χ3n) is 6.17. The third-order valence-corrected chi connectivity index (χ3v) is 6.17. The molecule has 0 aliphatic heterocycles. The number of hydrogen-bond donors (Lipinski definition) is 3. The fourth-order valence-electron chi connectivity index (χ4n) is 4.48. The minimum absolute atomic E-state index is 0.0394. The topological polar surface area (TPSA) is 125 Å². The van der Waals surface area contributed by atoms with Crippen molar-refractivity contribution in [3.63, 3.8) is 0 Å². The Morgan fingerprint density at radius 3 is 2.61 bits per heavy atom. The standard InChI is InChI=1S/C29H26N8O/c1-29(2,3)10-25(38)35-19-8-17(11-30-13-19)18-9-20-21(15-34-27(20)33-12-18)28-36-24-16-31-14-22(26(24)37-28)23-6-4-5-7-32-23/h4-9,11-16H,10H2,1-3H3,(H,33,34)(H,35,38)(H,36,37). The van der Waals surface area contributed by atoms with Gasteiger partial charge in [-0.25, -0.2) is 9.97 Å². The van der Waals surface area contributed by atoms with Gasteiger partial charge in [0.05, 0.1) is 29.3 Å². The second-order valence-corrected chi connectivity index (χ2v) is 10.5. The molecule has 0 radical (unpaired) electrons. The Labute approximate surface area is 218 Å². The van der Waals surface area contributed by atoms with Crippen molar-refractivity contribution >= 4 is 33.7 Å². The largest absolute Gasteiger partial charge is 0.345 e. The zero-order valence-electron chi connectivity index (χ0n) is 21.3. The van der Waals surface area contributed by atoms with Gasteiger partial charge in [0.15, 0.2) is 0 Å². The maximum Gasteiger partial charge on any atom is 0.224 e. The average molecular weight is 503 g/mol. The van der Waals surface area contributed by atoms with Crippen molar-refractivity contribution < 1.29 is 4.79 Å². The van der Waals surface area contributed by atoms with Crippen LogP contribution in [0.5, 0.6) is 0 Å². The van der Waals surface area contributed by atoms with Crippen molar-refractivity contribution in [1.82, 2.24) is 34.9 Å². The number of rotatable bonds is 5. The van der Waals surface area contributed by atoms with Crippen molar-refractivity contribution in [2.24, 2.45) is 5.41 Å². The van der Waals surface area contributed by atoms with E-state index >= 15 is 0 Å². The maximum absolute atomic E-state index is 12.4. The van der Waals surface area contributed by atoms with Gasteiger partial charge in [0.1, 0.15) is 17.0 Å². The molecule has 0 aromatic carbocycles. The van der Waals surface area contributed by atoms with Crippen LogP contribution in [0.4, 0.5) is 5.69 Å². The summed E-state index contributed by atoms with van der Waals surface area (Å²) >= 11 is 0. The summed E-state index contributed by atoms with van der Waals surface area (Å²) in [6.07, 6.45) is 12.8. The monoisotopic (exact) mass is 502 g/mol. The second kappa shape index (κ2) is 9.19. The molecule has 0 saturated carbocycles. The number of nitrogens with zero attached hydrogens (tertiary/aromatic N) is 5. The van der Waals surface area contributed by atoms with Crippen LogP contribution in [-0.4, -0.2) is 40.8 Å². The number of nitrogens with one attached hydrogen (secondary N) is 3. The number of amides is 1. The van der Waals surface area contributed by atoms with Crippen LogP contribution in [0.25, 0.3) is 55.8 Å². The highest BCUT2D eigenvalue weighted by Gasteiger charge is 2.18. The van der Waals surface area contributed by atoms with E-state index in [9.17, 15) is 4.79 Å². The molecule has 0 spiro atoms. The van der Waals surface area contributed by atoms with Crippen LogP contribution in [0.1, 0.15) is 27.2 Å². The van der Waals surface area contributed by atoms with Gasteiger partial charge in [-0.2, -0.15) is 0 Å². The highest BCUT2D eigenvalue weighted by Crippen LogP contribution is 2.33. The van der Waals surface area contributed by atoms with Gasteiger partial charge in [-0.15, -0.1) is 0 Å². The molecule has 0 bridgehead atoms. The van der Waals surface area contributed by atoms with Crippen LogP contribution in [0, 0.1) is 5.41 Å². The summed E-state index contributed by atoms with van der Waals surface area (Å²) in [5.74, 6) is 0.666. The van der Waals surface area contributed by atoms with Gasteiger partial charge in [0.25, 0.3) is 0 Å². The van der Waals surface area contributed by atoms with E-state index in [1.807, 2.05) is 51.2 Å². The molecule has 9 heteroatoms. The normalized spacial score (nSPS) is 11.8. The van der Waals surface area contributed by atoms with E-state index in [-0.39, 0.29) is 11.3 Å². The van der Waals surface area contributed by atoms with Crippen LogP contribution >= 0.6 is 0 Å². The summed E-state index contributed by atoms with van der Waals surface area (Å²) in [4.78, 5) is 41.8. The summed E-state index contributed by atoms with van der Waals surface area (Å²) in [6, 6.07) is 9.74. The fourth-order valence-corrected chi connectivity index (χ4v) is 4.48. The zero-order valence-corrected chi connectivity index (χ0v) is 21.3. The highest BCUT2D eigenvalue weighted by molar-refractivity contribution is 5.98. The van der Waals surface area contributed by atoms with Crippen LogP contribution in [0.15, 0.2) is 73.7 Å². The molecular weight excluding hydrogens is 476 g/mol. The van der Waals surface area contributed by atoms with Crippen molar-refractivity contribution in [2.45, 2.75) is 27.2 Å². The van der Waals surface area contributed by atoms with Crippen molar-refractivity contribution in [1.29, 1.82) is 0 Å². The molecule has 188 valence electrons. The predicted octanol–water partition coefficient (Wildman–Crippen LogP) is 6.00. The molecular formula is C29H26N8O. The van der Waals surface area contributed by atoms with E-state index in [0.717, 1.165) is 50.0 Å². The number of carbonyl (C=O) groups excluding carboxylic acids is 1. The van der Waals surface area contributed by atoms with Gasteiger partial charge in [-0.1, -0.05) is 26.8 Å². The molecule has 6 heterocycles. The first-order chi connectivity index (χ1) is 18.3. The number of H-pyrrole nitrogens is 2. The number of aromatic amines is 2. The fraction of sp³-hybridized carbons (Fsp3) is 0.172. The number of hydrogen-bond acceptors (Lipinski definition) is 6.